The molecule has 0 heterocycles. The average molecular weight is 423 g/mol. The van der Waals surface area contributed by atoms with Crippen molar-refractivity contribution >= 4 is 10.8 Å². The second-order valence-electron chi connectivity index (χ2n) is 9.24. The molecule has 0 N–H and O–H groups in total. The van der Waals surface area contributed by atoms with Crippen molar-refractivity contribution in [3.8, 4) is 5.75 Å². The summed E-state index contributed by atoms with van der Waals surface area (Å²) in [6, 6.07) is 5.46. The van der Waals surface area contributed by atoms with Gasteiger partial charge in [-0.3, -0.25) is 0 Å². The summed E-state index contributed by atoms with van der Waals surface area (Å²) in [5, 5.41) is 0.510. The van der Waals surface area contributed by atoms with Gasteiger partial charge in [-0.15, -0.1) is 0 Å². The Morgan fingerprint density at radius 3 is 2.47 bits per heavy atom. The molecular weight excluding hydrogens is 392 g/mol. The minimum Gasteiger partial charge on any atom is -0.432 e. The van der Waals surface area contributed by atoms with E-state index in [4.69, 9.17) is 0 Å². The van der Waals surface area contributed by atoms with E-state index in [0.717, 1.165) is 42.4 Å². The monoisotopic (exact) mass is 422 g/mol. The first-order valence-corrected chi connectivity index (χ1v) is 11.3. The molecule has 0 aromatic heterocycles. The molecule has 2 saturated carbocycles. The van der Waals surface area contributed by atoms with Crippen LogP contribution >= 0.6 is 0 Å². The van der Waals surface area contributed by atoms with Gasteiger partial charge in [0.15, 0.2) is 11.6 Å². The van der Waals surface area contributed by atoms with Crippen LogP contribution in [0.3, 0.4) is 0 Å². The predicted molar refractivity (Wildman–Crippen MR) is 111 cm³/mol. The van der Waals surface area contributed by atoms with Gasteiger partial charge in [0, 0.05) is 5.39 Å². The minimum atomic E-state index is -3.15. The molecule has 2 aliphatic carbocycles. The summed E-state index contributed by atoms with van der Waals surface area (Å²) < 4.78 is 58.0. The molecule has 0 aliphatic heterocycles. The number of fused-ring (bicyclic) bond motifs is 2. The second-order valence-corrected chi connectivity index (χ2v) is 9.24. The molecule has 4 rings (SSSR count). The molecule has 5 heteroatoms. The molecule has 0 spiro atoms. The highest BCUT2D eigenvalue weighted by Crippen LogP contribution is 2.48. The Labute approximate surface area is 175 Å². The van der Waals surface area contributed by atoms with Crippen LogP contribution in [0.5, 0.6) is 5.75 Å². The van der Waals surface area contributed by atoms with E-state index in [0.29, 0.717) is 11.3 Å². The van der Waals surface area contributed by atoms with E-state index in [9.17, 15) is 17.6 Å². The van der Waals surface area contributed by atoms with Crippen LogP contribution in [-0.4, -0.2) is 6.61 Å². The Kier molecular flexibility index (Phi) is 6.54. The largest absolute Gasteiger partial charge is 0.432 e. The fourth-order valence-corrected chi connectivity index (χ4v) is 5.81. The zero-order valence-corrected chi connectivity index (χ0v) is 17.5. The van der Waals surface area contributed by atoms with Crippen molar-refractivity contribution in [3.05, 3.63) is 41.5 Å². The first kappa shape index (κ1) is 21.5. The smallest absolute Gasteiger partial charge is 0.387 e. The third kappa shape index (κ3) is 4.60. The Bertz CT molecular complexity index is 881. The molecule has 2 aliphatic rings. The quantitative estimate of drug-likeness (QED) is 0.426. The number of halogens is 4. The van der Waals surface area contributed by atoms with Gasteiger partial charge in [0.25, 0.3) is 0 Å². The third-order valence-electron chi connectivity index (χ3n) is 7.35. The maximum absolute atomic E-state index is 14.8. The maximum atomic E-state index is 14.8. The maximum Gasteiger partial charge on any atom is 0.387 e. The van der Waals surface area contributed by atoms with Crippen LogP contribution in [-0.2, 0) is 0 Å². The lowest BCUT2D eigenvalue weighted by atomic mass is 9.63. The van der Waals surface area contributed by atoms with Crippen molar-refractivity contribution in [2.24, 2.45) is 17.8 Å². The Morgan fingerprint density at radius 2 is 1.70 bits per heavy atom. The molecule has 2 aromatic rings. The Hall–Kier alpha value is -1.78. The molecule has 164 valence electrons. The summed E-state index contributed by atoms with van der Waals surface area (Å²) in [5.41, 5.74) is 0.897. The van der Waals surface area contributed by atoms with Crippen molar-refractivity contribution in [1.82, 2.24) is 0 Å². The summed E-state index contributed by atoms with van der Waals surface area (Å²) in [6.45, 7) is -0.899. The first-order chi connectivity index (χ1) is 14.4. The number of rotatable bonds is 6. The second kappa shape index (κ2) is 9.15. The van der Waals surface area contributed by atoms with Gasteiger partial charge in [-0.25, -0.2) is 8.78 Å². The van der Waals surface area contributed by atoms with Crippen molar-refractivity contribution < 1.29 is 22.3 Å². The SMILES string of the molecule is CCCCC1CCC2CC(c3cc(F)c4cc(OC(F)F)c(F)cc4c3)CCC2C1. The van der Waals surface area contributed by atoms with Gasteiger partial charge in [-0.2, -0.15) is 8.78 Å². The standard InChI is InChI=1S/C25H30F4O/c1-2-3-4-15-5-6-17-10-18(8-7-16(17)9-15)19-11-20-13-23(27)24(30-25(28)29)14-21(20)22(26)12-19/h11-18,25H,2-10H2,1H3. The number of unbranched alkanes of at least 4 members (excludes halogenated alkanes) is 1. The summed E-state index contributed by atoms with van der Waals surface area (Å²) in [4.78, 5) is 0. The summed E-state index contributed by atoms with van der Waals surface area (Å²) >= 11 is 0. The van der Waals surface area contributed by atoms with Crippen LogP contribution in [0, 0.1) is 29.4 Å². The zero-order chi connectivity index (χ0) is 21.3. The predicted octanol–water partition coefficient (Wildman–Crippen LogP) is 8.21. The molecule has 1 nitrogen and oxygen atoms in total. The normalized spacial score (nSPS) is 26.7. The van der Waals surface area contributed by atoms with Crippen LogP contribution in [0.15, 0.2) is 24.3 Å². The van der Waals surface area contributed by atoms with Gasteiger partial charge in [-0.05, 0) is 84.9 Å². The highest BCUT2D eigenvalue weighted by molar-refractivity contribution is 5.85. The fourth-order valence-electron chi connectivity index (χ4n) is 5.81. The van der Waals surface area contributed by atoms with Crippen molar-refractivity contribution in [1.29, 1.82) is 0 Å². The molecule has 2 fully saturated rings. The molecular formula is C25H30F4O. The van der Waals surface area contributed by atoms with E-state index in [1.165, 1.54) is 51.0 Å². The lowest BCUT2D eigenvalue weighted by Crippen LogP contribution is -2.30. The van der Waals surface area contributed by atoms with Crippen LogP contribution in [0.25, 0.3) is 10.8 Å². The number of alkyl halides is 2. The minimum absolute atomic E-state index is 0.112. The Balaban J connectivity index is 1.50. The van der Waals surface area contributed by atoms with E-state index < -0.39 is 24.0 Å². The zero-order valence-electron chi connectivity index (χ0n) is 17.5. The van der Waals surface area contributed by atoms with Crippen LogP contribution in [0.4, 0.5) is 17.6 Å². The van der Waals surface area contributed by atoms with Gasteiger partial charge in [-0.1, -0.05) is 38.7 Å². The van der Waals surface area contributed by atoms with Crippen LogP contribution in [0.2, 0.25) is 0 Å². The lowest BCUT2D eigenvalue weighted by Gasteiger charge is -2.42. The third-order valence-corrected chi connectivity index (χ3v) is 7.35. The van der Waals surface area contributed by atoms with Gasteiger partial charge >= 0.3 is 6.61 Å². The van der Waals surface area contributed by atoms with Crippen LogP contribution < -0.4 is 4.74 Å². The first-order valence-electron chi connectivity index (χ1n) is 11.3. The number of hydrogen-bond donors (Lipinski definition) is 0. The van der Waals surface area contributed by atoms with Crippen LogP contribution in [0.1, 0.15) is 76.2 Å². The summed E-state index contributed by atoms with van der Waals surface area (Å²) in [5.74, 6) is 0.600. The number of ether oxygens (including phenoxy) is 1. The molecule has 4 unspecified atom stereocenters. The molecule has 30 heavy (non-hydrogen) atoms. The van der Waals surface area contributed by atoms with Crippen molar-refractivity contribution in [2.45, 2.75) is 77.2 Å². The molecule has 4 atom stereocenters. The number of benzene rings is 2. The van der Waals surface area contributed by atoms with Crippen molar-refractivity contribution in [2.75, 3.05) is 0 Å². The van der Waals surface area contributed by atoms with E-state index in [-0.39, 0.29) is 11.3 Å². The molecule has 0 bridgehead atoms. The molecule has 0 radical (unpaired) electrons. The highest BCUT2D eigenvalue weighted by atomic mass is 19.3. The molecule has 0 amide bonds. The van der Waals surface area contributed by atoms with Gasteiger partial charge in [0.1, 0.15) is 5.82 Å². The van der Waals surface area contributed by atoms with E-state index in [2.05, 4.69) is 11.7 Å². The van der Waals surface area contributed by atoms with Gasteiger partial charge in [0.05, 0.1) is 0 Å². The Morgan fingerprint density at radius 1 is 0.933 bits per heavy atom. The van der Waals surface area contributed by atoms with E-state index >= 15 is 0 Å². The summed E-state index contributed by atoms with van der Waals surface area (Å²) in [7, 11) is 0. The highest BCUT2D eigenvalue weighted by Gasteiger charge is 2.36. The van der Waals surface area contributed by atoms with Gasteiger partial charge in [0.2, 0.25) is 0 Å². The average Bonchev–Trinajstić information content (AvgIpc) is 2.72. The van der Waals surface area contributed by atoms with Crippen molar-refractivity contribution in [3.63, 3.8) is 0 Å². The fraction of sp³-hybridized carbons (Fsp3) is 0.600. The molecule has 0 saturated heterocycles. The molecule has 2 aromatic carbocycles. The topological polar surface area (TPSA) is 9.23 Å². The van der Waals surface area contributed by atoms with Gasteiger partial charge < -0.3 is 4.74 Å². The summed E-state index contributed by atoms with van der Waals surface area (Å²) in [6.07, 6.45) is 11.1. The number of hydrogen-bond acceptors (Lipinski definition) is 1. The van der Waals surface area contributed by atoms with E-state index in [1.807, 2.05) is 6.07 Å². The van der Waals surface area contributed by atoms with E-state index in [1.54, 1.807) is 0 Å². The lowest BCUT2D eigenvalue weighted by molar-refractivity contribution is -0.0520.